The largest absolute Gasteiger partial charge is 0.346 e. The first kappa shape index (κ1) is 19.4. The van der Waals surface area contributed by atoms with Crippen molar-refractivity contribution >= 4 is 21.6 Å². The van der Waals surface area contributed by atoms with Gasteiger partial charge in [0.15, 0.2) is 0 Å². The Balaban J connectivity index is 1.77. The summed E-state index contributed by atoms with van der Waals surface area (Å²) in [7, 11) is -3.30. The summed E-state index contributed by atoms with van der Waals surface area (Å²) in [4.78, 5) is 12.7. The molecular formula is C21H26N2O3S. The lowest BCUT2D eigenvalue weighted by Crippen LogP contribution is -2.35. The van der Waals surface area contributed by atoms with E-state index < -0.39 is 10.0 Å². The molecule has 1 amide bonds. The fraction of sp³-hybridized carbons (Fsp3) is 0.381. The number of nitrogens with one attached hydrogen (secondary N) is 1. The molecule has 1 unspecified atom stereocenters. The Hall–Kier alpha value is -2.34. The van der Waals surface area contributed by atoms with Gasteiger partial charge in [-0.25, -0.2) is 8.42 Å². The van der Waals surface area contributed by atoms with E-state index in [1.807, 2.05) is 25.1 Å². The minimum atomic E-state index is -3.30. The van der Waals surface area contributed by atoms with Gasteiger partial charge < -0.3 is 5.32 Å². The predicted octanol–water partition coefficient (Wildman–Crippen LogP) is 3.45. The lowest BCUT2D eigenvalue weighted by molar-refractivity contribution is 0.0940. The van der Waals surface area contributed by atoms with Gasteiger partial charge in [0.1, 0.15) is 0 Å². The number of carbonyl (C=O) groups excluding carboxylic acids is 1. The Bertz CT molecular complexity index is 936. The number of fused-ring (bicyclic) bond motifs is 1. The smallest absolute Gasteiger partial charge is 0.251 e. The summed E-state index contributed by atoms with van der Waals surface area (Å²) in [6.45, 7) is 4.56. The molecule has 1 aliphatic rings. The fourth-order valence-corrected chi connectivity index (χ4v) is 4.45. The van der Waals surface area contributed by atoms with E-state index in [1.54, 1.807) is 12.1 Å². The molecule has 0 spiro atoms. The lowest BCUT2D eigenvalue weighted by Gasteiger charge is -2.29. The van der Waals surface area contributed by atoms with E-state index >= 15 is 0 Å². The first-order valence-electron chi connectivity index (χ1n) is 9.30. The summed E-state index contributed by atoms with van der Waals surface area (Å²) >= 11 is 0. The second-order valence-corrected chi connectivity index (χ2v) is 8.98. The molecule has 0 bridgehead atoms. The zero-order valence-electron chi connectivity index (χ0n) is 16.0. The van der Waals surface area contributed by atoms with Crippen LogP contribution in [0.5, 0.6) is 0 Å². The van der Waals surface area contributed by atoms with Gasteiger partial charge in [0.2, 0.25) is 10.0 Å². The molecule has 2 aromatic carbocycles. The van der Waals surface area contributed by atoms with Gasteiger partial charge in [0.05, 0.1) is 18.0 Å². The van der Waals surface area contributed by atoms with Gasteiger partial charge in [-0.05, 0) is 61.1 Å². The van der Waals surface area contributed by atoms with Gasteiger partial charge in [0, 0.05) is 12.1 Å². The number of benzene rings is 2. The van der Waals surface area contributed by atoms with Gasteiger partial charge in [0.25, 0.3) is 5.91 Å². The summed E-state index contributed by atoms with van der Waals surface area (Å²) in [5.74, 6) is -0.152. The third-order valence-electron chi connectivity index (χ3n) is 5.05. The van der Waals surface area contributed by atoms with Gasteiger partial charge in [-0.1, -0.05) is 31.2 Å². The van der Waals surface area contributed by atoms with Crippen LogP contribution in [-0.4, -0.2) is 27.1 Å². The fourth-order valence-electron chi connectivity index (χ4n) is 3.45. The molecule has 2 aromatic rings. The van der Waals surface area contributed by atoms with Crippen LogP contribution in [0.3, 0.4) is 0 Å². The highest BCUT2D eigenvalue weighted by atomic mass is 32.2. The Morgan fingerprint density at radius 1 is 1.19 bits per heavy atom. The molecule has 0 fully saturated rings. The van der Waals surface area contributed by atoms with E-state index in [1.165, 1.54) is 16.1 Å². The van der Waals surface area contributed by atoms with E-state index in [9.17, 15) is 13.2 Å². The Kier molecular flexibility index (Phi) is 5.56. The number of hydrogen-bond donors (Lipinski definition) is 1. The second kappa shape index (κ2) is 7.72. The van der Waals surface area contributed by atoms with Crippen LogP contribution in [0.15, 0.2) is 42.5 Å². The normalized spacial score (nSPS) is 15.1. The zero-order valence-corrected chi connectivity index (χ0v) is 16.8. The molecule has 5 nitrogen and oxygen atoms in total. The van der Waals surface area contributed by atoms with Crippen molar-refractivity contribution in [1.82, 2.24) is 5.32 Å². The quantitative estimate of drug-likeness (QED) is 0.856. The number of hydrogen-bond acceptors (Lipinski definition) is 3. The van der Waals surface area contributed by atoms with Crippen molar-refractivity contribution in [3.63, 3.8) is 0 Å². The van der Waals surface area contributed by atoms with Crippen LogP contribution in [-0.2, 0) is 22.9 Å². The highest BCUT2D eigenvalue weighted by molar-refractivity contribution is 7.92. The molecule has 3 rings (SSSR count). The minimum Gasteiger partial charge on any atom is -0.346 e. The Morgan fingerprint density at radius 2 is 1.89 bits per heavy atom. The molecule has 6 heteroatoms. The first-order valence-corrected chi connectivity index (χ1v) is 11.1. The average molecular weight is 387 g/mol. The van der Waals surface area contributed by atoms with Crippen molar-refractivity contribution in [2.24, 2.45) is 0 Å². The molecule has 27 heavy (non-hydrogen) atoms. The molecule has 0 saturated heterocycles. The number of sulfonamides is 1. The second-order valence-electron chi connectivity index (χ2n) is 7.07. The Labute approximate surface area is 161 Å². The van der Waals surface area contributed by atoms with Crippen LogP contribution in [0.1, 0.15) is 53.4 Å². The van der Waals surface area contributed by atoms with Gasteiger partial charge in [-0.2, -0.15) is 0 Å². The number of nitrogens with zero attached hydrogens (tertiary/aromatic N) is 1. The van der Waals surface area contributed by atoms with Crippen molar-refractivity contribution in [3.05, 3.63) is 64.7 Å². The van der Waals surface area contributed by atoms with Crippen LogP contribution >= 0.6 is 0 Å². The standard InChI is InChI=1S/C21H26N2O3S/c1-4-16-7-9-17(10-8-16)15(2)22-21(24)19-11-12-20-18(14-19)6-5-13-23(20)27(3,25)26/h7-12,14-15H,4-6,13H2,1-3H3,(H,22,24). The zero-order chi connectivity index (χ0) is 19.6. The maximum Gasteiger partial charge on any atom is 0.251 e. The lowest BCUT2D eigenvalue weighted by atomic mass is 10.00. The molecule has 1 N–H and O–H groups in total. The minimum absolute atomic E-state index is 0.105. The van der Waals surface area contributed by atoms with Crippen LogP contribution in [0.2, 0.25) is 0 Å². The molecule has 0 saturated carbocycles. The SMILES string of the molecule is CCc1ccc(C(C)NC(=O)c2ccc3c(c2)CCCN3S(C)(=O)=O)cc1. The highest BCUT2D eigenvalue weighted by Gasteiger charge is 2.25. The van der Waals surface area contributed by atoms with Crippen LogP contribution in [0.4, 0.5) is 5.69 Å². The van der Waals surface area contributed by atoms with Gasteiger partial charge in [-0.15, -0.1) is 0 Å². The topological polar surface area (TPSA) is 66.5 Å². The van der Waals surface area contributed by atoms with Crippen molar-refractivity contribution in [1.29, 1.82) is 0 Å². The van der Waals surface area contributed by atoms with E-state index in [2.05, 4.69) is 24.4 Å². The van der Waals surface area contributed by atoms with Crippen molar-refractivity contribution in [2.75, 3.05) is 17.1 Å². The van der Waals surface area contributed by atoms with E-state index in [0.717, 1.165) is 30.4 Å². The predicted molar refractivity (Wildman–Crippen MR) is 109 cm³/mol. The van der Waals surface area contributed by atoms with Crippen LogP contribution < -0.4 is 9.62 Å². The van der Waals surface area contributed by atoms with E-state index in [4.69, 9.17) is 0 Å². The third kappa shape index (κ3) is 4.33. The summed E-state index contributed by atoms with van der Waals surface area (Å²) in [6, 6.07) is 13.4. The van der Waals surface area contributed by atoms with Gasteiger partial charge >= 0.3 is 0 Å². The molecule has 1 atom stereocenters. The van der Waals surface area contributed by atoms with E-state index in [-0.39, 0.29) is 11.9 Å². The Morgan fingerprint density at radius 3 is 2.52 bits per heavy atom. The highest BCUT2D eigenvalue weighted by Crippen LogP contribution is 2.30. The third-order valence-corrected chi connectivity index (χ3v) is 6.23. The van der Waals surface area contributed by atoms with Crippen molar-refractivity contribution in [2.45, 2.75) is 39.2 Å². The molecule has 144 valence electrons. The number of carbonyl (C=O) groups is 1. The van der Waals surface area contributed by atoms with E-state index in [0.29, 0.717) is 17.8 Å². The maximum atomic E-state index is 12.7. The van der Waals surface area contributed by atoms with Crippen molar-refractivity contribution in [3.8, 4) is 0 Å². The molecule has 0 aromatic heterocycles. The first-order chi connectivity index (χ1) is 12.8. The summed E-state index contributed by atoms with van der Waals surface area (Å²) in [6.07, 6.45) is 3.73. The summed E-state index contributed by atoms with van der Waals surface area (Å²) < 4.78 is 25.3. The van der Waals surface area contributed by atoms with Gasteiger partial charge in [-0.3, -0.25) is 9.10 Å². The summed E-state index contributed by atoms with van der Waals surface area (Å²) in [5.41, 5.74) is 4.47. The molecule has 1 heterocycles. The number of aryl methyl sites for hydroxylation is 2. The number of anilines is 1. The maximum absolute atomic E-state index is 12.7. The molecule has 0 aliphatic carbocycles. The summed E-state index contributed by atoms with van der Waals surface area (Å²) in [5, 5.41) is 3.03. The monoisotopic (exact) mass is 386 g/mol. The molecular weight excluding hydrogens is 360 g/mol. The average Bonchev–Trinajstić information content (AvgIpc) is 2.66. The number of rotatable bonds is 5. The van der Waals surface area contributed by atoms with Crippen LogP contribution in [0.25, 0.3) is 0 Å². The van der Waals surface area contributed by atoms with Crippen LogP contribution in [0, 0.1) is 0 Å². The number of amides is 1. The van der Waals surface area contributed by atoms with Crippen molar-refractivity contribution < 1.29 is 13.2 Å². The molecule has 1 aliphatic heterocycles. The molecule has 0 radical (unpaired) electrons.